The Morgan fingerprint density at radius 2 is 2.05 bits per heavy atom. The summed E-state index contributed by atoms with van der Waals surface area (Å²) < 4.78 is 2.19. The fourth-order valence-electron chi connectivity index (χ4n) is 2.44. The second kappa shape index (κ2) is 6.62. The zero-order valence-electron chi connectivity index (χ0n) is 12.0. The SMILES string of the molecule is O=C(NCCCn1ccc2ccccc21)c1cccnc1Cl. The van der Waals surface area contributed by atoms with Gasteiger partial charge in [-0.2, -0.15) is 0 Å². The van der Waals surface area contributed by atoms with Gasteiger partial charge in [0.15, 0.2) is 0 Å². The maximum absolute atomic E-state index is 12.0. The Labute approximate surface area is 133 Å². The van der Waals surface area contributed by atoms with E-state index in [0.717, 1.165) is 13.0 Å². The Kier molecular flexibility index (Phi) is 4.39. The molecule has 22 heavy (non-hydrogen) atoms. The Hall–Kier alpha value is -2.33. The zero-order chi connectivity index (χ0) is 15.4. The number of nitrogens with zero attached hydrogens (tertiary/aromatic N) is 2. The molecule has 0 saturated carbocycles. The molecule has 0 spiro atoms. The van der Waals surface area contributed by atoms with E-state index >= 15 is 0 Å². The van der Waals surface area contributed by atoms with Gasteiger partial charge in [-0.05, 0) is 36.1 Å². The van der Waals surface area contributed by atoms with Gasteiger partial charge in [-0.3, -0.25) is 4.79 Å². The Balaban J connectivity index is 1.54. The number of nitrogens with one attached hydrogen (secondary N) is 1. The molecule has 5 heteroatoms. The van der Waals surface area contributed by atoms with Gasteiger partial charge in [-0.1, -0.05) is 29.8 Å². The number of aryl methyl sites for hydroxylation is 1. The molecular formula is C17H16ClN3O. The van der Waals surface area contributed by atoms with E-state index in [2.05, 4.69) is 39.3 Å². The van der Waals surface area contributed by atoms with Crippen molar-refractivity contribution < 1.29 is 4.79 Å². The molecule has 4 nitrogen and oxygen atoms in total. The van der Waals surface area contributed by atoms with Gasteiger partial charge in [0.1, 0.15) is 5.15 Å². The van der Waals surface area contributed by atoms with Gasteiger partial charge in [0.25, 0.3) is 5.91 Å². The summed E-state index contributed by atoms with van der Waals surface area (Å²) in [5, 5.41) is 4.34. The lowest BCUT2D eigenvalue weighted by molar-refractivity contribution is 0.0952. The third kappa shape index (κ3) is 3.12. The molecule has 112 valence electrons. The number of aromatic nitrogens is 2. The average molecular weight is 314 g/mol. The van der Waals surface area contributed by atoms with Crippen LogP contribution < -0.4 is 5.32 Å². The van der Waals surface area contributed by atoms with Crippen LogP contribution in [0.5, 0.6) is 0 Å². The first-order valence-corrected chi connectivity index (χ1v) is 7.56. The molecule has 3 rings (SSSR count). The smallest absolute Gasteiger partial charge is 0.254 e. The molecule has 0 bridgehead atoms. The van der Waals surface area contributed by atoms with Crippen LogP contribution in [-0.2, 0) is 6.54 Å². The van der Waals surface area contributed by atoms with Gasteiger partial charge in [0, 0.05) is 31.0 Å². The quantitative estimate of drug-likeness (QED) is 0.579. The van der Waals surface area contributed by atoms with Crippen LogP contribution in [-0.4, -0.2) is 22.0 Å². The lowest BCUT2D eigenvalue weighted by Gasteiger charge is -2.08. The van der Waals surface area contributed by atoms with Crippen molar-refractivity contribution in [2.45, 2.75) is 13.0 Å². The largest absolute Gasteiger partial charge is 0.352 e. The van der Waals surface area contributed by atoms with E-state index in [1.165, 1.54) is 10.9 Å². The number of carbonyl (C=O) groups is 1. The molecule has 1 aromatic carbocycles. The minimum Gasteiger partial charge on any atom is -0.352 e. The van der Waals surface area contributed by atoms with Gasteiger partial charge in [0.2, 0.25) is 0 Å². The number of fused-ring (bicyclic) bond motifs is 1. The molecule has 0 saturated heterocycles. The normalized spacial score (nSPS) is 10.8. The van der Waals surface area contributed by atoms with E-state index in [0.29, 0.717) is 12.1 Å². The highest BCUT2D eigenvalue weighted by Crippen LogP contribution is 2.15. The summed E-state index contributed by atoms with van der Waals surface area (Å²) in [6.07, 6.45) is 4.49. The second-order valence-electron chi connectivity index (χ2n) is 5.02. The van der Waals surface area contributed by atoms with Crippen molar-refractivity contribution >= 4 is 28.4 Å². The van der Waals surface area contributed by atoms with E-state index < -0.39 is 0 Å². The standard InChI is InChI=1S/C17H16ClN3O/c18-16-14(6-3-9-19-16)17(22)20-10-4-11-21-12-8-13-5-1-2-7-15(13)21/h1-3,5-9,12H,4,10-11H2,(H,20,22). The summed E-state index contributed by atoms with van der Waals surface area (Å²) in [5.41, 5.74) is 1.62. The lowest BCUT2D eigenvalue weighted by atomic mass is 10.2. The average Bonchev–Trinajstić information content (AvgIpc) is 2.95. The number of rotatable bonds is 5. The number of amides is 1. The van der Waals surface area contributed by atoms with E-state index in [4.69, 9.17) is 11.6 Å². The van der Waals surface area contributed by atoms with Gasteiger partial charge >= 0.3 is 0 Å². The highest BCUT2D eigenvalue weighted by Gasteiger charge is 2.09. The summed E-state index contributed by atoms with van der Waals surface area (Å²) >= 11 is 5.90. The summed E-state index contributed by atoms with van der Waals surface area (Å²) in [6.45, 7) is 1.45. The summed E-state index contributed by atoms with van der Waals surface area (Å²) in [6, 6.07) is 13.7. The maximum Gasteiger partial charge on any atom is 0.254 e. The van der Waals surface area contributed by atoms with E-state index in [1.807, 2.05) is 12.1 Å². The van der Waals surface area contributed by atoms with Crippen molar-refractivity contribution in [3.63, 3.8) is 0 Å². The molecule has 2 aromatic heterocycles. The van der Waals surface area contributed by atoms with Crippen molar-refractivity contribution in [1.29, 1.82) is 0 Å². The molecule has 2 heterocycles. The Bertz CT molecular complexity index is 797. The van der Waals surface area contributed by atoms with Crippen molar-refractivity contribution in [2.75, 3.05) is 6.54 Å². The molecular weight excluding hydrogens is 298 g/mol. The van der Waals surface area contributed by atoms with Crippen LogP contribution >= 0.6 is 11.6 Å². The summed E-state index contributed by atoms with van der Waals surface area (Å²) in [5.74, 6) is -0.185. The minimum atomic E-state index is -0.185. The first kappa shape index (κ1) is 14.6. The monoisotopic (exact) mass is 313 g/mol. The third-order valence-electron chi connectivity index (χ3n) is 3.55. The van der Waals surface area contributed by atoms with Gasteiger partial charge in [-0.25, -0.2) is 4.98 Å². The molecule has 0 aliphatic rings. The lowest BCUT2D eigenvalue weighted by Crippen LogP contribution is -2.25. The number of carbonyl (C=O) groups excluding carboxylic acids is 1. The van der Waals surface area contributed by atoms with Crippen molar-refractivity contribution in [2.24, 2.45) is 0 Å². The van der Waals surface area contributed by atoms with E-state index in [-0.39, 0.29) is 11.1 Å². The maximum atomic E-state index is 12.0. The van der Waals surface area contributed by atoms with Crippen LogP contribution in [0, 0.1) is 0 Å². The van der Waals surface area contributed by atoms with Crippen LogP contribution in [0.1, 0.15) is 16.8 Å². The molecule has 3 aromatic rings. The van der Waals surface area contributed by atoms with Crippen LogP contribution in [0.2, 0.25) is 5.15 Å². The number of pyridine rings is 1. The number of benzene rings is 1. The second-order valence-corrected chi connectivity index (χ2v) is 5.38. The summed E-state index contributed by atoms with van der Waals surface area (Å²) in [4.78, 5) is 15.9. The topological polar surface area (TPSA) is 46.9 Å². The number of para-hydroxylation sites is 1. The Morgan fingerprint density at radius 3 is 2.91 bits per heavy atom. The van der Waals surface area contributed by atoms with Crippen molar-refractivity contribution in [3.05, 3.63) is 65.6 Å². The molecule has 0 fully saturated rings. The van der Waals surface area contributed by atoms with Crippen LogP contribution in [0.3, 0.4) is 0 Å². The van der Waals surface area contributed by atoms with E-state index in [9.17, 15) is 4.79 Å². The number of hydrogen-bond acceptors (Lipinski definition) is 2. The minimum absolute atomic E-state index is 0.185. The van der Waals surface area contributed by atoms with Gasteiger partial charge in [-0.15, -0.1) is 0 Å². The fourth-order valence-corrected chi connectivity index (χ4v) is 2.64. The highest BCUT2D eigenvalue weighted by atomic mass is 35.5. The van der Waals surface area contributed by atoms with Crippen molar-refractivity contribution in [1.82, 2.24) is 14.9 Å². The number of halogens is 1. The first-order valence-electron chi connectivity index (χ1n) is 7.18. The molecule has 0 aliphatic carbocycles. The summed E-state index contributed by atoms with van der Waals surface area (Å²) in [7, 11) is 0. The molecule has 1 N–H and O–H groups in total. The third-order valence-corrected chi connectivity index (χ3v) is 3.85. The predicted octanol–water partition coefficient (Wildman–Crippen LogP) is 3.51. The number of hydrogen-bond donors (Lipinski definition) is 1. The van der Waals surface area contributed by atoms with Gasteiger partial charge < -0.3 is 9.88 Å². The van der Waals surface area contributed by atoms with Crippen LogP contribution in [0.4, 0.5) is 0 Å². The predicted molar refractivity (Wildman–Crippen MR) is 88.1 cm³/mol. The zero-order valence-corrected chi connectivity index (χ0v) is 12.8. The van der Waals surface area contributed by atoms with Gasteiger partial charge in [0.05, 0.1) is 5.56 Å². The Morgan fingerprint density at radius 1 is 1.18 bits per heavy atom. The molecule has 0 radical (unpaired) electrons. The molecule has 0 aliphatic heterocycles. The van der Waals surface area contributed by atoms with Crippen molar-refractivity contribution in [3.8, 4) is 0 Å². The van der Waals surface area contributed by atoms with Crippen LogP contribution in [0.25, 0.3) is 10.9 Å². The highest BCUT2D eigenvalue weighted by molar-refractivity contribution is 6.32. The molecule has 0 atom stereocenters. The molecule has 0 unspecified atom stereocenters. The fraction of sp³-hybridized carbons (Fsp3) is 0.176. The molecule has 1 amide bonds. The van der Waals surface area contributed by atoms with Crippen LogP contribution in [0.15, 0.2) is 54.9 Å². The first-order chi connectivity index (χ1) is 10.8. The van der Waals surface area contributed by atoms with E-state index in [1.54, 1.807) is 18.3 Å².